The number of rotatable bonds is 7. The van der Waals surface area contributed by atoms with Crippen molar-refractivity contribution in [3.8, 4) is 0 Å². The van der Waals surface area contributed by atoms with Crippen molar-refractivity contribution in [1.82, 2.24) is 0 Å². The second-order valence-corrected chi connectivity index (χ2v) is 8.57. The molecule has 0 aromatic heterocycles. The van der Waals surface area contributed by atoms with Crippen LogP contribution in [0.5, 0.6) is 0 Å². The van der Waals surface area contributed by atoms with Gasteiger partial charge in [0.2, 0.25) is 0 Å². The van der Waals surface area contributed by atoms with Crippen LogP contribution in [0.15, 0.2) is 0 Å². The molecule has 1 nitrogen and oxygen atoms in total. The van der Waals surface area contributed by atoms with E-state index in [1.54, 1.807) is 0 Å². The molecule has 0 spiro atoms. The fraction of sp³-hybridized carbons (Fsp3) is 0.923. The monoisotopic (exact) mass is 237 g/mol. The Labute approximate surface area is 117 Å². The van der Waals surface area contributed by atoms with Crippen molar-refractivity contribution in [3.05, 3.63) is 6.92 Å². The van der Waals surface area contributed by atoms with Crippen LogP contribution in [0, 0.1) is 12.3 Å². The Morgan fingerprint density at radius 2 is 1.56 bits per heavy atom. The Bertz CT molecular complexity index is 164. The van der Waals surface area contributed by atoms with Gasteiger partial charge in [-0.15, -0.1) is 0 Å². The quantitative estimate of drug-likeness (QED) is 0.488. The minimum absolute atomic E-state index is 0. The second kappa shape index (κ2) is 8.81. The predicted octanol–water partition coefficient (Wildman–Crippen LogP) is 3.08. The molecule has 0 heterocycles. The normalized spacial score (nSPS) is 13.1. The van der Waals surface area contributed by atoms with Crippen molar-refractivity contribution in [2.24, 2.45) is 5.41 Å². The maximum atomic E-state index is 5.89. The van der Waals surface area contributed by atoms with Crippen LogP contribution in [0.1, 0.15) is 60.3 Å². The summed E-state index contributed by atoms with van der Waals surface area (Å²) in [6.07, 6.45) is 4.79. The van der Waals surface area contributed by atoms with Gasteiger partial charge < -0.3 is 4.43 Å². The summed E-state index contributed by atoms with van der Waals surface area (Å²) in [5.74, 6) is 0. The predicted molar refractivity (Wildman–Crippen MR) is 79.0 cm³/mol. The van der Waals surface area contributed by atoms with Crippen molar-refractivity contribution < 1.29 is 4.43 Å². The molecule has 0 saturated heterocycles. The van der Waals surface area contributed by atoms with Crippen molar-refractivity contribution in [2.75, 3.05) is 6.61 Å². The van der Waals surface area contributed by atoms with E-state index in [1.807, 2.05) is 0 Å². The van der Waals surface area contributed by atoms with Crippen LogP contribution in [0.4, 0.5) is 0 Å². The van der Waals surface area contributed by atoms with Crippen LogP contribution in [-0.2, 0) is 4.43 Å². The number of hydrogen-bond acceptors (Lipinski definition) is 1. The number of hydrogen-bond donors (Lipinski definition) is 0. The van der Waals surface area contributed by atoms with E-state index in [0.29, 0.717) is 10.5 Å². The fourth-order valence-electron chi connectivity index (χ4n) is 1.10. The SMILES string of the molecule is [CH2]CCCCCO[SiH2]C(C)(C)C(C)(C)C.[LiH]. The Morgan fingerprint density at radius 1 is 1.00 bits per heavy atom. The van der Waals surface area contributed by atoms with Gasteiger partial charge in [0.15, 0.2) is 9.76 Å². The third-order valence-electron chi connectivity index (χ3n) is 3.53. The molecule has 16 heavy (non-hydrogen) atoms. The molecule has 1 radical (unpaired) electrons. The first kappa shape index (κ1) is 19.1. The van der Waals surface area contributed by atoms with Crippen LogP contribution in [-0.4, -0.2) is 35.2 Å². The molecular weight excluding hydrogens is 207 g/mol. The molecule has 0 rings (SSSR count). The van der Waals surface area contributed by atoms with Crippen LogP contribution in [0.3, 0.4) is 0 Å². The zero-order valence-electron chi connectivity index (χ0n) is 11.4. The summed E-state index contributed by atoms with van der Waals surface area (Å²) in [4.78, 5) is 0. The van der Waals surface area contributed by atoms with Crippen molar-refractivity contribution in [1.29, 1.82) is 0 Å². The first-order valence-corrected chi connectivity index (χ1v) is 7.47. The van der Waals surface area contributed by atoms with Crippen molar-refractivity contribution in [2.45, 2.75) is 65.3 Å². The van der Waals surface area contributed by atoms with E-state index in [4.69, 9.17) is 4.43 Å². The zero-order chi connectivity index (χ0) is 11.9. The van der Waals surface area contributed by atoms with Crippen LogP contribution in [0.25, 0.3) is 0 Å². The fourth-order valence-corrected chi connectivity index (χ4v) is 2.39. The topological polar surface area (TPSA) is 9.23 Å². The summed E-state index contributed by atoms with van der Waals surface area (Å²) >= 11 is 0. The van der Waals surface area contributed by atoms with Gasteiger partial charge in [0.05, 0.1) is 0 Å². The molecule has 0 aliphatic rings. The maximum absolute atomic E-state index is 5.89. The van der Waals surface area contributed by atoms with Gasteiger partial charge in [-0.05, 0) is 16.9 Å². The minimum atomic E-state index is -0.415. The summed E-state index contributed by atoms with van der Waals surface area (Å²) in [7, 11) is -0.415. The Hall–Kier alpha value is 0.774. The van der Waals surface area contributed by atoms with Gasteiger partial charge in [0, 0.05) is 6.61 Å². The summed E-state index contributed by atoms with van der Waals surface area (Å²) in [5.41, 5.74) is 0.368. The van der Waals surface area contributed by atoms with Gasteiger partial charge in [-0.25, -0.2) is 0 Å². The molecule has 0 N–H and O–H groups in total. The van der Waals surface area contributed by atoms with Crippen LogP contribution in [0.2, 0.25) is 5.04 Å². The van der Waals surface area contributed by atoms with E-state index in [0.717, 1.165) is 13.0 Å². The Kier molecular flexibility index (Phi) is 10.5. The van der Waals surface area contributed by atoms with Crippen molar-refractivity contribution >= 4 is 28.6 Å². The van der Waals surface area contributed by atoms with Gasteiger partial charge in [-0.2, -0.15) is 0 Å². The standard InChI is InChI=1S/C13H29OSi.Li.H/c1-7-8-9-10-11-14-15-13(5,6)12(2,3)4;;/h1,7-11,15H2,2-6H3;;. The molecule has 3 heteroatoms. The first-order valence-electron chi connectivity index (χ1n) is 6.18. The molecule has 0 aliphatic carbocycles. The average Bonchev–Trinajstić information content (AvgIpc) is 2.09. The molecule has 0 aliphatic heterocycles. The van der Waals surface area contributed by atoms with Gasteiger partial charge in [-0.3, -0.25) is 0 Å². The van der Waals surface area contributed by atoms with Crippen LogP contribution >= 0.6 is 0 Å². The average molecular weight is 237 g/mol. The van der Waals surface area contributed by atoms with Crippen LogP contribution < -0.4 is 0 Å². The first-order chi connectivity index (χ1) is 6.81. The molecule has 0 atom stereocenters. The van der Waals surface area contributed by atoms with E-state index >= 15 is 0 Å². The van der Waals surface area contributed by atoms with Gasteiger partial charge in [-0.1, -0.05) is 60.8 Å². The Balaban J connectivity index is 0. The number of unbranched alkanes of at least 4 members (excludes halogenated alkanes) is 3. The molecule has 0 unspecified atom stereocenters. The molecule has 0 aromatic carbocycles. The van der Waals surface area contributed by atoms with E-state index in [2.05, 4.69) is 41.5 Å². The van der Waals surface area contributed by atoms with E-state index in [1.165, 1.54) is 19.3 Å². The molecular formula is C13H30LiOSi. The third kappa shape index (κ3) is 7.95. The molecule has 0 saturated carbocycles. The molecule has 0 fully saturated rings. The van der Waals surface area contributed by atoms with Gasteiger partial charge in [0.25, 0.3) is 0 Å². The summed E-state index contributed by atoms with van der Waals surface area (Å²) < 4.78 is 5.89. The van der Waals surface area contributed by atoms with E-state index in [-0.39, 0.29) is 18.9 Å². The zero-order valence-corrected chi connectivity index (χ0v) is 12.8. The summed E-state index contributed by atoms with van der Waals surface area (Å²) in [5, 5.41) is 0.388. The second-order valence-electron chi connectivity index (χ2n) is 6.10. The molecule has 0 bridgehead atoms. The van der Waals surface area contributed by atoms with E-state index < -0.39 is 9.76 Å². The molecule has 93 valence electrons. The summed E-state index contributed by atoms with van der Waals surface area (Å²) in [6, 6.07) is 0. The van der Waals surface area contributed by atoms with Gasteiger partial charge >= 0.3 is 18.9 Å². The van der Waals surface area contributed by atoms with Gasteiger partial charge in [0.1, 0.15) is 0 Å². The molecule has 0 aromatic rings. The van der Waals surface area contributed by atoms with E-state index in [9.17, 15) is 0 Å². The summed E-state index contributed by atoms with van der Waals surface area (Å²) in [6.45, 7) is 16.4. The molecule has 0 amide bonds. The Morgan fingerprint density at radius 3 is 2.00 bits per heavy atom. The van der Waals surface area contributed by atoms with Crippen molar-refractivity contribution in [3.63, 3.8) is 0 Å². The third-order valence-corrected chi connectivity index (χ3v) is 5.81.